The van der Waals surface area contributed by atoms with Crippen LogP contribution in [-0.4, -0.2) is 42.9 Å². The van der Waals surface area contributed by atoms with Crippen LogP contribution in [0.5, 0.6) is 0 Å². The molecule has 0 aliphatic rings. The zero-order chi connectivity index (χ0) is 28.2. The van der Waals surface area contributed by atoms with Gasteiger partial charge in [0.15, 0.2) is 9.84 Å². The fraction of sp³-hybridized carbons (Fsp3) is 0.207. The number of esters is 1. The molecule has 0 saturated heterocycles. The number of aromatic nitrogens is 1. The molecule has 0 spiro atoms. The van der Waals surface area contributed by atoms with E-state index in [1.165, 1.54) is 23.8 Å². The molecule has 4 rings (SSSR count). The van der Waals surface area contributed by atoms with Gasteiger partial charge >= 0.3 is 11.9 Å². The van der Waals surface area contributed by atoms with Crippen molar-refractivity contribution >= 4 is 48.5 Å². The van der Waals surface area contributed by atoms with E-state index in [4.69, 9.17) is 0 Å². The lowest BCUT2D eigenvalue weighted by Crippen LogP contribution is -2.28. The van der Waals surface area contributed by atoms with Gasteiger partial charge in [-0.25, -0.2) is 13.2 Å². The maximum Gasteiger partial charge on any atom is 0.353 e. The van der Waals surface area contributed by atoms with Gasteiger partial charge in [0.05, 0.1) is 24.3 Å². The Labute approximate surface area is 233 Å². The molecule has 1 aromatic heterocycles. The summed E-state index contributed by atoms with van der Waals surface area (Å²) in [5.41, 5.74) is 1.03. The van der Waals surface area contributed by atoms with Crippen molar-refractivity contribution in [1.82, 2.24) is 4.57 Å². The van der Waals surface area contributed by atoms with Crippen molar-refractivity contribution in [1.29, 1.82) is 0 Å². The third-order valence-corrected chi connectivity index (χ3v) is 8.70. The highest BCUT2D eigenvalue weighted by molar-refractivity contribution is 9.10. The number of carboxylic acid groups (broad SMARTS) is 1. The minimum atomic E-state index is -3.58. The Morgan fingerprint density at radius 2 is 1.64 bits per heavy atom. The number of benzene rings is 3. The van der Waals surface area contributed by atoms with Gasteiger partial charge < -0.3 is 9.84 Å². The predicted octanol–water partition coefficient (Wildman–Crippen LogP) is 5.29. The fourth-order valence-corrected chi connectivity index (χ4v) is 6.19. The van der Waals surface area contributed by atoms with Gasteiger partial charge in [-0.1, -0.05) is 58.4 Å². The van der Waals surface area contributed by atoms with E-state index in [0.717, 1.165) is 0 Å². The minimum Gasteiger partial charge on any atom is -0.477 e. The molecular formula is C29H26BrNO7S. The molecule has 1 heterocycles. The number of hydrogen-bond donors (Lipinski definition) is 1. The summed E-state index contributed by atoms with van der Waals surface area (Å²) < 4.78 is 32.0. The van der Waals surface area contributed by atoms with Gasteiger partial charge in [-0.05, 0) is 59.7 Å². The summed E-state index contributed by atoms with van der Waals surface area (Å²) in [6.07, 6.45) is 0.860. The number of carboxylic acids is 1. The van der Waals surface area contributed by atoms with Crippen LogP contribution in [0, 0.1) is 0 Å². The smallest absolute Gasteiger partial charge is 0.353 e. The molecule has 0 aliphatic carbocycles. The third kappa shape index (κ3) is 6.29. The number of unbranched alkanes of at least 4 members (excludes halogenated alkanes) is 1. The third-order valence-electron chi connectivity index (χ3n) is 6.39. The van der Waals surface area contributed by atoms with Crippen molar-refractivity contribution in [2.45, 2.75) is 30.7 Å². The number of pyridine rings is 1. The van der Waals surface area contributed by atoms with E-state index in [2.05, 4.69) is 20.7 Å². The van der Waals surface area contributed by atoms with Crippen LogP contribution >= 0.6 is 15.9 Å². The number of nitrogens with zero attached hydrogens (tertiary/aromatic N) is 1. The van der Waals surface area contributed by atoms with E-state index in [0.29, 0.717) is 44.8 Å². The monoisotopic (exact) mass is 611 g/mol. The highest BCUT2D eigenvalue weighted by Gasteiger charge is 2.23. The van der Waals surface area contributed by atoms with Gasteiger partial charge in [0, 0.05) is 21.8 Å². The molecule has 4 aromatic rings. The minimum absolute atomic E-state index is 0.0637. The Balaban J connectivity index is 1.72. The first-order chi connectivity index (χ1) is 18.6. The standard InChI is InChI=1S/C29H26BrNO7S/c1-38-25(32)9-5-6-16-39(36,37)22-13-10-19(11-14-22)18-31-27(29(34)35)26(20-7-3-2-4-8-20)24-17-21(30)12-15-23(24)28(31)33/h2-4,7-8,10-15,17H,5-6,9,16,18H2,1H3,(H,34,35). The second-order valence-corrected chi connectivity index (χ2v) is 12.0. The Bertz CT molecular complexity index is 1700. The van der Waals surface area contributed by atoms with Crippen LogP contribution in [0.2, 0.25) is 0 Å². The summed E-state index contributed by atoms with van der Waals surface area (Å²) in [5.74, 6) is -1.75. The summed E-state index contributed by atoms with van der Waals surface area (Å²) in [6.45, 7) is -0.0637. The first-order valence-electron chi connectivity index (χ1n) is 12.2. The van der Waals surface area contributed by atoms with Gasteiger partial charge in [-0.2, -0.15) is 0 Å². The number of methoxy groups -OCH3 is 1. The van der Waals surface area contributed by atoms with Crippen molar-refractivity contribution < 1.29 is 27.9 Å². The zero-order valence-corrected chi connectivity index (χ0v) is 23.5. The highest BCUT2D eigenvalue weighted by atomic mass is 79.9. The number of sulfone groups is 1. The van der Waals surface area contributed by atoms with E-state index in [1.54, 1.807) is 54.6 Å². The molecule has 8 nitrogen and oxygen atoms in total. The average Bonchev–Trinajstić information content (AvgIpc) is 2.92. The number of fused-ring (bicyclic) bond motifs is 1. The first-order valence-corrected chi connectivity index (χ1v) is 14.6. The molecule has 0 fully saturated rings. The van der Waals surface area contributed by atoms with Crippen molar-refractivity contribution in [3.05, 3.63) is 98.9 Å². The second-order valence-electron chi connectivity index (χ2n) is 8.97. The van der Waals surface area contributed by atoms with E-state index < -0.39 is 21.4 Å². The summed E-state index contributed by atoms with van der Waals surface area (Å²) in [6, 6.07) is 20.2. The van der Waals surface area contributed by atoms with Crippen LogP contribution in [0.15, 0.2) is 87.0 Å². The number of carbonyl (C=O) groups excluding carboxylic acids is 1. The number of carbonyl (C=O) groups is 2. The second kappa shape index (κ2) is 12.0. The highest BCUT2D eigenvalue weighted by Crippen LogP contribution is 2.33. The van der Waals surface area contributed by atoms with E-state index in [-0.39, 0.29) is 35.3 Å². The quantitative estimate of drug-likeness (QED) is 0.191. The molecule has 0 saturated carbocycles. The van der Waals surface area contributed by atoms with Gasteiger partial charge in [-0.15, -0.1) is 0 Å². The summed E-state index contributed by atoms with van der Waals surface area (Å²) in [5, 5.41) is 11.1. The van der Waals surface area contributed by atoms with Crippen LogP contribution < -0.4 is 5.56 Å². The van der Waals surface area contributed by atoms with E-state index in [1.807, 2.05) is 6.07 Å². The number of aromatic carboxylic acids is 1. The molecule has 1 N–H and O–H groups in total. The fourth-order valence-electron chi connectivity index (χ4n) is 4.46. The van der Waals surface area contributed by atoms with Crippen molar-refractivity contribution in [3.63, 3.8) is 0 Å². The molecule has 202 valence electrons. The maximum atomic E-state index is 13.6. The van der Waals surface area contributed by atoms with Crippen molar-refractivity contribution in [2.75, 3.05) is 12.9 Å². The van der Waals surface area contributed by atoms with Crippen molar-refractivity contribution in [3.8, 4) is 11.1 Å². The largest absolute Gasteiger partial charge is 0.477 e. The SMILES string of the molecule is COC(=O)CCCCS(=O)(=O)c1ccc(Cn2c(C(=O)O)c(-c3ccccc3)c3cc(Br)ccc3c2=O)cc1. The molecule has 0 radical (unpaired) electrons. The molecule has 0 aliphatic heterocycles. The van der Waals surface area contributed by atoms with Crippen LogP contribution in [0.25, 0.3) is 21.9 Å². The lowest BCUT2D eigenvalue weighted by atomic mass is 9.96. The molecule has 39 heavy (non-hydrogen) atoms. The molecule has 3 aromatic carbocycles. The topological polar surface area (TPSA) is 120 Å². The number of ether oxygens (including phenoxy) is 1. The summed E-state index contributed by atoms with van der Waals surface area (Å²) in [4.78, 5) is 37.5. The summed E-state index contributed by atoms with van der Waals surface area (Å²) in [7, 11) is -2.29. The molecular weight excluding hydrogens is 586 g/mol. The lowest BCUT2D eigenvalue weighted by molar-refractivity contribution is -0.140. The molecule has 0 bridgehead atoms. The van der Waals surface area contributed by atoms with Crippen molar-refractivity contribution in [2.24, 2.45) is 0 Å². The van der Waals surface area contributed by atoms with Crippen LogP contribution in [0.3, 0.4) is 0 Å². The first kappa shape index (κ1) is 28.3. The normalized spacial score (nSPS) is 11.4. The number of halogens is 1. The Morgan fingerprint density at radius 1 is 0.949 bits per heavy atom. The molecule has 0 amide bonds. The van der Waals surface area contributed by atoms with Gasteiger partial charge in [0.2, 0.25) is 0 Å². The lowest BCUT2D eigenvalue weighted by Gasteiger charge is -2.18. The van der Waals surface area contributed by atoms with Crippen LogP contribution in [0.1, 0.15) is 35.3 Å². The summed E-state index contributed by atoms with van der Waals surface area (Å²) >= 11 is 3.42. The molecule has 10 heteroatoms. The predicted molar refractivity (Wildman–Crippen MR) is 152 cm³/mol. The Morgan fingerprint density at radius 3 is 2.28 bits per heavy atom. The van der Waals surface area contributed by atoms with Gasteiger partial charge in [0.1, 0.15) is 5.69 Å². The van der Waals surface area contributed by atoms with Crippen LogP contribution in [-0.2, 0) is 25.9 Å². The number of rotatable bonds is 10. The molecule has 0 atom stereocenters. The zero-order valence-electron chi connectivity index (χ0n) is 21.1. The van der Waals surface area contributed by atoms with E-state index in [9.17, 15) is 27.9 Å². The van der Waals surface area contributed by atoms with Gasteiger partial charge in [-0.3, -0.25) is 14.2 Å². The average molecular weight is 612 g/mol. The molecule has 0 unspecified atom stereocenters. The Hall–Kier alpha value is -3.76. The van der Waals surface area contributed by atoms with E-state index >= 15 is 0 Å². The number of hydrogen-bond acceptors (Lipinski definition) is 6. The van der Waals surface area contributed by atoms with Gasteiger partial charge in [0.25, 0.3) is 5.56 Å². The Kier molecular flexibility index (Phi) is 8.66. The maximum absolute atomic E-state index is 13.6. The van der Waals surface area contributed by atoms with Crippen LogP contribution in [0.4, 0.5) is 0 Å².